The Hall–Kier alpha value is -1.26. The first-order valence-corrected chi connectivity index (χ1v) is 6.68. The summed E-state index contributed by atoms with van der Waals surface area (Å²) in [4.78, 5) is 24.7. The predicted molar refractivity (Wildman–Crippen MR) is 77.6 cm³/mol. The average molecular weight is 303 g/mol. The second-order valence-corrected chi connectivity index (χ2v) is 4.99. The minimum Gasteiger partial charge on any atom is -0.336 e. The number of carbonyl (C=O) groups is 2. The molecule has 6 heteroatoms. The molecule has 0 heterocycles. The normalized spacial score (nSPS) is 10.1. The SMILES string of the molecule is CCCC(=O)N(C)CC(=O)Nc1ccc(Cl)c(Cl)c1. The molecule has 0 bridgehead atoms. The fourth-order valence-electron chi connectivity index (χ4n) is 1.48. The summed E-state index contributed by atoms with van der Waals surface area (Å²) in [6.45, 7) is 1.93. The molecule has 0 aliphatic rings. The second kappa shape index (κ2) is 7.36. The van der Waals surface area contributed by atoms with Crippen molar-refractivity contribution in [2.24, 2.45) is 0 Å². The molecular formula is C13H16Cl2N2O2. The number of hydrogen-bond acceptors (Lipinski definition) is 2. The van der Waals surface area contributed by atoms with E-state index < -0.39 is 0 Å². The van der Waals surface area contributed by atoms with E-state index in [-0.39, 0.29) is 18.4 Å². The summed E-state index contributed by atoms with van der Waals surface area (Å²) in [6, 6.07) is 4.82. The van der Waals surface area contributed by atoms with Crippen LogP contribution in [-0.4, -0.2) is 30.3 Å². The van der Waals surface area contributed by atoms with Crippen LogP contribution >= 0.6 is 23.2 Å². The zero-order chi connectivity index (χ0) is 14.4. The van der Waals surface area contributed by atoms with Crippen LogP contribution in [-0.2, 0) is 9.59 Å². The first kappa shape index (κ1) is 15.8. The maximum Gasteiger partial charge on any atom is 0.243 e. The molecule has 0 saturated carbocycles. The summed E-state index contributed by atoms with van der Waals surface area (Å²) >= 11 is 11.6. The van der Waals surface area contributed by atoms with Crippen LogP contribution in [0.5, 0.6) is 0 Å². The lowest BCUT2D eigenvalue weighted by molar-refractivity contribution is -0.133. The number of benzene rings is 1. The van der Waals surface area contributed by atoms with Crippen LogP contribution in [0.3, 0.4) is 0 Å². The summed E-state index contributed by atoms with van der Waals surface area (Å²) < 4.78 is 0. The predicted octanol–water partition coefficient (Wildman–Crippen LogP) is 3.19. The average Bonchev–Trinajstić information content (AvgIpc) is 2.34. The lowest BCUT2D eigenvalue weighted by Gasteiger charge is -2.16. The standard InChI is InChI=1S/C13H16Cl2N2O2/c1-3-4-13(19)17(2)8-12(18)16-9-5-6-10(14)11(15)7-9/h5-7H,3-4,8H2,1-2H3,(H,16,18). The highest BCUT2D eigenvalue weighted by atomic mass is 35.5. The molecule has 0 aliphatic carbocycles. The molecule has 0 unspecified atom stereocenters. The van der Waals surface area contributed by atoms with Crippen molar-refractivity contribution >= 4 is 40.7 Å². The Morgan fingerprint density at radius 2 is 1.95 bits per heavy atom. The van der Waals surface area contributed by atoms with E-state index >= 15 is 0 Å². The van der Waals surface area contributed by atoms with Crippen molar-refractivity contribution < 1.29 is 9.59 Å². The quantitative estimate of drug-likeness (QED) is 0.908. The van der Waals surface area contributed by atoms with Gasteiger partial charge in [0.05, 0.1) is 16.6 Å². The molecule has 19 heavy (non-hydrogen) atoms. The number of carbonyl (C=O) groups excluding carboxylic acids is 2. The Morgan fingerprint density at radius 3 is 2.53 bits per heavy atom. The highest BCUT2D eigenvalue weighted by Gasteiger charge is 2.12. The minimum atomic E-state index is -0.273. The van der Waals surface area contributed by atoms with Gasteiger partial charge in [0, 0.05) is 19.2 Å². The van der Waals surface area contributed by atoms with Gasteiger partial charge in [0.15, 0.2) is 0 Å². The Morgan fingerprint density at radius 1 is 1.26 bits per heavy atom. The summed E-state index contributed by atoms with van der Waals surface area (Å²) in [7, 11) is 1.60. The van der Waals surface area contributed by atoms with Crippen molar-refractivity contribution in [1.29, 1.82) is 0 Å². The van der Waals surface area contributed by atoms with E-state index in [4.69, 9.17) is 23.2 Å². The monoisotopic (exact) mass is 302 g/mol. The third-order valence-electron chi connectivity index (χ3n) is 2.47. The van der Waals surface area contributed by atoms with Gasteiger partial charge in [-0.2, -0.15) is 0 Å². The number of halogens is 2. The first-order valence-electron chi connectivity index (χ1n) is 5.93. The molecule has 4 nitrogen and oxygen atoms in total. The van der Waals surface area contributed by atoms with E-state index in [1.807, 2.05) is 6.92 Å². The van der Waals surface area contributed by atoms with E-state index in [0.29, 0.717) is 22.2 Å². The summed E-state index contributed by atoms with van der Waals surface area (Å²) in [5, 5.41) is 3.46. The lowest BCUT2D eigenvalue weighted by Crippen LogP contribution is -2.34. The van der Waals surface area contributed by atoms with E-state index in [1.54, 1.807) is 25.2 Å². The molecule has 1 rings (SSSR count). The van der Waals surface area contributed by atoms with Gasteiger partial charge in [-0.15, -0.1) is 0 Å². The third kappa shape index (κ3) is 5.09. The van der Waals surface area contributed by atoms with Crippen LogP contribution in [0.2, 0.25) is 10.0 Å². The smallest absolute Gasteiger partial charge is 0.243 e. The zero-order valence-corrected chi connectivity index (χ0v) is 12.4. The highest BCUT2D eigenvalue weighted by Crippen LogP contribution is 2.24. The van der Waals surface area contributed by atoms with Crippen LogP contribution in [0.4, 0.5) is 5.69 Å². The van der Waals surface area contributed by atoms with E-state index in [2.05, 4.69) is 5.32 Å². The Bertz CT molecular complexity index is 478. The summed E-state index contributed by atoms with van der Waals surface area (Å²) in [5.74, 6) is -0.322. The number of nitrogens with one attached hydrogen (secondary N) is 1. The van der Waals surface area contributed by atoms with Crippen LogP contribution in [0.25, 0.3) is 0 Å². The number of amides is 2. The number of hydrogen-bond donors (Lipinski definition) is 1. The van der Waals surface area contributed by atoms with Gasteiger partial charge in [-0.25, -0.2) is 0 Å². The molecule has 0 spiro atoms. The fourth-order valence-corrected chi connectivity index (χ4v) is 1.78. The zero-order valence-electron chi connectivity index (χ0n) is 10.9. The summed E-state index contributed by atoms with van der Waals surface area (Å²) in [6.07, 6.45) is 1.20. The number of anilines is 1. The van der Waals surface area contributed by atoms with Crippen molar-refractivity contribution in [2.45, 2.75) is 19.8 Å². The molecule has 0 fully saturated rings. The Kier molecular flexibility index (Phi) is 6.12. The number of rotatable bonds is 5. The Labute approximate surface area is 122 Å². The van der Waals surface area contributed by atoms with E-state index in [0.717, 1.165) is 6.42 Å². The largest absolute Gasteiger partial charge is 0.336 e. The molecular weight excluding hydrogens is 287 g/mol. The molecule has 1 aromatic rings. The van der Waals surface area contributed by atoms with Crippen LogP contribution < -0.4 is 5.32 Å². The maximum atomic E-state index is 11.7. The van der Waals surface area contributed by atoms with Gasteiger partial charge < -0.3 is 10.2 Å². The van der Waals surface area contributed by atoms with Crippen molar-refractivity contribution in [1.82, 2.24) is 4.90 Å². The molecule has 1 aromatic carbocycles. The number of nitrogens with zero attached hydrogens (tertiary/aromatic N) is 1. The molecule has 0 radical (unpaired) electrons. The molecule has 0 aliphatic heterocycles. The van der Waals surface area contributed by atoms with Crippen LogP contribution in [0.1, 0.15) is 19.8 Å². The fraction of sp³-hybridized carbons (Fsp3) is 0.385. The molecule has 1 N–H and O–H groups in total. The first-order chi connectivity index (χ1) is 8.93. The third-order valence-corrected chi connectivity index (χ3v) is 3.21. The molecule has 2 amide bonds. The topological polar surface area (TPSA) is 49.4 Å². The van der Waals surface area contributed by atoms with E-state index in [9.17, 15) is 9.59 Å². The Balaban J connectivity index is 2.55. The highest BCUT2D eigenvalue weighted by molar-refractivity contribution is 6.42. The number of likely N-dealkylation sites (N-methyl/N-ethyl adjacent to an activating group) is 1. The van der Waals surface area contributed by atoms with Crippen LogP contribution in [0, 0.1) is 0 Å². The van der Waals surface area contributed by atoms with Gasteiger partial charge in [-0.05, 0) is 24.6 Å². The summed E-state index contributed by atoms with van der Waals surface area (Å²) in [5.41, 5.74) is 0.552. The molecule has 0 atom stereocenters. The second-order valence-electron chi connectivity index (χ2n) is 4.18. The maximum absolute atomic E-state index is 11.7. The van der Waals surface area contributed by atoms with Gasteiger partial charge in [0.1, 0.15) is 0 Å². The van der Waals surface area contributed by atoms with Gasteiger partial charge >= 0.3 is 0 Å². The van der Waals surface area contributed by atoms with Gasteiger partial charge in [-0.3, -0.25) is 9.59 Å². The van der Waals surface area contributed by atoms with Gasteiger partial charge in [0.2, 0.25) is 11.8 Å². The molecule has 0 aromatic heterocycles. The van der Waals surface area contributed by atoms with E-state index in [1.165, 1.54) is 4.90 Å². The lowest BCUT2D eigenvalue weighted by atomic mass is 10.3. The van der Waals surface area contributed by atoms with Crippen molar-refractivity contribution in [3.05, 3.63) is 28.2 Å². The minimum absolute atomic E-state index is 0.0130. The van der Waals surface area contributed by atoms with Gasteiger partial charge in [-0.1, -0.05) is 30.1 Å². The van der Waals surface area contributed by atoms with Crippen LogP contribution in [0.15, 0.2) is 18.2 Å². The van der Waals surface area contributed by atoms with Gasteiger partial charge in [0.25, 0.3) is 0 Å². The molecule has 0 saturated heterocycles. The van der Waals surface area contributed by atoms with Crippen molar-refractivity contribution in [3.63, 3.8) is 0 Å². The molecule has 104 valence electrons. The van der Waals surface area contributed by atoms with Crippen molar-refractivity contribution in [2.75, 3.05) is 18.9 Å². The van der Waals surface area contributed by atoms with Crippen molar-refractivity contribution in [3.8, 4) is 0 Å².